The van der Waals surface area contributed by atoms with Gasteiger partial charge in [-0.15, -0.1) is 0 Å². The molecule has 7 nitrogen and oxygen atoms in total. The van der Waals surface area contributed by atoms with Crippen LogP contribution in [0.2, 0.25) is 0 Å². The van der Waals surface area contributed by atoms with Gasteiger partial charge in [-0.1, -0.05) is 6.92 Å². The molecule has 28 heavy (non-hydrogen) atoms. The van der Waals surface area contributed by atoms with E-state index in [0.29, 0.717) is 36.6 Å². The Hall–Kier alpha value is -1.79. The number of likely N-dealkylation sites (tertiary alicyclic amines) is 2. The smallest absolute Gasteiger partial charge is 0.320 e. The largest absolute Gasteiger partial charge is 0.353 e. The van der Waals surface area contributed by atoms with Crippen LogP contribution >= 0.6 is 0 Å². The molecule has 7 heteroatoms. The van der Waals surface area contributed by atoms with Crippen molar-refractivity contribution in [3.05, 3.63) is 0 Å². The Balaban J connectivity index is 1.30. The lowest BCUT2D eigenvalue weighted by atomic mass is 9.76. The van der Waals surface area contributed by atoms with E-state index in [1.54, 1.807) is 0 Å². The topological polar surface area (TPSA) is 73.0 Å². The summed E-state index contributed by atoms with van der Waals surface area (Å²) in [5.74, 6) is 1.30. The van der Waals surface area contributed by atoms with Gasteiger partial charge in [0.05, 0.1) is 0 Å². The zero-order valence-electron chi connectivity index (χ0n) is 17.1. The second-order valence-electron chi connectivity index (χ2n) is 9.13. The lowest BCUT2D eigenvalue weighted by Gasteiger charge is -2.53. The first-order valence-electron chi connectivity index (χ1n) is 11.2. The van der Waals surface area contributed by atoms with Crippen LogP contribution < -0.4 is 5.32 Å². The van der Waals surface area contributed by atoms with Crippen molar-refractivity contribution in [3.63, 3.8) is 0 Å². The second-order valence-corrected chi connectivity index (χ2v) is 9.13. The number of nitrogens with zero attached hydrogens (tertiary/aromatic N) is 3. The molecule has 0 aliphatic carbocycles. The van der Waals surface area contributed by atoms with E-state index < -0.39 is 0 Å². The zero-order chi connectivity index (χ0) is 19.7. The molecule has 0 spiro atoms. The van der Waals surface area contributed by atoms with Gasteiger partial charge >= 0.3 is 6.03 Å². The molecule has 4 fully saturated rings. The quantitative estimate of drug-likeness (QED) is 0.799. The fourth-order valence-corrected chi connectivity index (χ4v) is 5.71. The Morgan fingerprint density at radius 2 is 1.86 bits per heavy atom. The van der Waals surface area contributed by atoms with E-state index in [0.717, 1.165) is 71.2 Å². The van der Waals surface area contributed by atoms with Gasteiger partial charge in [-0.3, -0.25) is 9.59 Å². The first-order chi connectivity index (χ1) is 13.5. The van der Waals surface area contributed by atoms with Crippen LogP contribution in [0.15, 0.2) is 0 Å². The Bertz CT molecular complexity index is 617. The van der Waals surface area contributed by atoms with Crippen LogP contribution in [0.4, 0.5) is 4.79 Å². The molecule has 2 unspecified atom stereocenters. The van der Waals surface area contributed by atoms with E-state index in [2.05, 4.69) is 10.2 Å². The van der Waals surface area contributed by atoms with Crippen molar-refractivity contribution in [1.82, 2.24) is 20.0 Å². The molecule has 0 aromatic carbocycles. The number of amides is 4. The number of urea groups is 1. The van der Waals surface area contributed by atoms with Gasteiger partial charge in [0, 0.05) is 57.6 Å². The molecule has 0 saturated carbocycles. The molecule has 4 aliphatic rings. The van der Waals surface area contributed by atoms with Gasteiger partial charge in [0.1, 0.15) is 0 Å². The van der Waals surface area contributed by atoms with Gasteiger partial charge in [-0.2, -0.15) is 0 Å². The maximum absolute atomic E-state index is 13.1. The molecule has 4 saturated heterocycles. The van der Waals surface area contributed by atoms with E-state index in [1.165, 1.54) is 0 Å². The molecule has 0 aromatic rings. The van der Waals surface area contributed by atoms with Crippen molar-refractivity contribution in [1.29, 1.82) is 0 Å². The molecule has 4 amide bonds. The summed E-state index contributed by atoms with van der Waals surface area (Å²) in [5, 5.41) is 3.10. The average molecular weight is 391 g/mol. The number of hydrogen-bond acceptors (Lipinski definition) is 3. The molecule has 4 rings (SSSR count). The fourth-order valence-electron chi connectivity index (χ4n) is 5.71. The summed E-state index contributed by atoms with van der Waals surface area (Å²) in [6.45, 7) is 5.84. The third-order valence-corrected chi connectivity index (χ3v) is 7.06. The van der Waals surface area contributed by atoms with E-state index >= 15 is 0 Å². The molecule has 3 atom stereocenters. The van der Waals surface area contributed by atoms with Crippen molar-refractivity contribution in [2.45, 2.75) is 70.4 Å². The minimum atomic E-state index is 0.128. The summed E-state index contributed by atoms with van der Waals surface area (Å²) in [5.41, 5.74) is 0. The molecular weight excluding hydrogens is 356 g/mol. The van der Waals surface area contributed by atoms with Gasteiger partial charge < -0.3 is 20.0 Å². The second kappa shape index (κ2) is 8.29. The van der Waals surface area contributed by atoms with E-state index in [9.17, 15) is 14.4 Å². The highest BCUT2D eigenvalue weighted by molar-refractivity contribution is 5.78. The molecule has 2 bridgehead atoms. The Morgan fingerprint density at radius 1 is 1.07 bits per heavy atom. The number of hydrogen-bond donors (Lipinski definition) is 1. The molecule has 156 valence electrons. The van der Waals surface area contributed by atoms with Crippen LogP contribution in [0.25, 0.3) is 0 Å². The summed E-state index contributed by atoms with van der Waals surface area (Å²) in [6.07, 6.45) is 7.06. The van der Waals surface area contributed by atoms with Crippen molar-refractivity contribution < 1.29 is 14.4 Å². The van der Waals surface area contributed by atoms with Crippen LogP contribution in [0.1, 0.15) is 58.3 Å². The molecule has 0 radical (unpaired) electrons. The lowest BCUT2D eigenvalue weighted by Crippen LogP contribution is -2.62. The van der Waals surface area contributed by atoms with Crippen molar-refractivity contribution in [2.24, 2.45) is 11.8 Å². The summed E-state index contributed by atoms with van der Waals surface area (Å²) in [4.78, 5) is 43.3. The number of piperidine rings is 4. The third-order valence-electron chi connectivity index (χ3n) is 7.06. The number of carbonyl (C=O) groups excluding carboxylic acids is 3. The SMILES string of the molecule is CCCC(=O)NC1CCN(C(=O)N2CC3CC(C2)[C@H]2CCCC(=O)N2C3)CC1. The van der Waals surface area contributed by atoms with Crippen LogP contribution in [-0.4, -0.2) is 77.4 Å². The highest BCUT2D eigenvalue weighted by Crippen LogP contribution is 2.38. The molecule has 0 aromatic heterocycles. The van der Waals surface area contributed by atoms with Crippen molar-refractivity contribution in [2.75, 3.05) is 32.7 Å². The Morgan fingerprint density at radius 3 is 2.61 bits per heavy atom. The van der Waals surface area contributed by atoms with Crippen LogP contribution in [0.5, 0.6) is 0 Å². The molecule has 1 N–H and O–H groups in total. The van der Waals surface area contributed by atoms with E-state index in [-0.39, 0.29) is 18.0 Å². The first-order valence-corrected chi connectivity index (χ1v) is 11.2. The number of rotatable bonds is 3. The van der Waals surface area contributed by atoms with Gasteiger partial charge in [-0.05, 0) is 50.4 Å². The summed E-state index contributed by atoms with van der Waals surface area (Å²) in [7, 11) is 0. The van der Waals surface area contributed by atoms with E-state index in [1.807, 2.05) is 16.7 Å². The molecular formula is C21H34N4O3. The van der Waals surface area contributed by atoms with Gasteiger partial charge in [0.25, 0.3) is 0 Å². The Kier molecular flexibility index (Phi) is 5.78. The summed E-state index contributed by atoms with van der Waals surface area (Å²) < 4.78 is 0. The highest BCUT2D eigenvalue weighted by atomic mass is 16.2. The summed E-state index contributed by atoms with van der Waals surface area (Å²) >= 11 is 0. The Labute approximate surface area is 167 Å². The predicted molar refractivity (Wildman–Crippen MR) is 106 cm³/mol. The average Bonchev–Trinajstić information content (AvgIpc) is 2.69. The fraction of sp³-hybridized carbons (Fsp3) is 0.857. The number of fused-ring (bicyclic) bond motifs is 4. The van der Waals surface area contributed by atoms with Gasteiger partial charge in [0.2, 0.25) is 11.8 Å². The van der Waals surface area contributed by atoms with E-state index in [4.69, 9.17) is 0 Å². The third kappa shape index (κ3) is 3.98. The summed E-state index contributed by atoms with van der Waals surface area (Å²) in [6, 6.07) is 0.696. The standard InChI is InChI=1S/C21H34N4O3/c1-2-4-19(26)22-17-7-9-23(10-8-17)21(28)24-12-15-11-16(14-24)18-5-3-6-20(27)25(18)13-15/h15-18H,2-14H2,1H3,(H,22,26)/t15?,16?,18-/m1/s1. The minimum Gasteiger partial charge on any atom is -0.353 e. The first kappa shape index (κ1) is 19.5. The van der Waals surface area contributed by atoms with Crippen LogP contribution in [0.3, 0.4) is 0 Å². The normalized spacial score (nSPS) is 30.8. The minimum absolute atomic E-state index is 0.128. The van der Waals surface area contributed by atoms with Gasteiger partial charge in [-0.25, -0.2) is 4.79 Å². The molecule has 4 aliphatic heterocycles. The maximum atomic E-state index is 13.1. The van der Waals surface area contributed by atoms with Crippen LogP contribution in [0, 0.1) is 11.8 Å². The van der Waals surface area contributed by atoms with Crippen LogP contribution in [-0.2, 0) is 9.59 Å². The number of nitrogens with one attached hydrogen (secondary N) is 1. The predicted octanol–water partition coefficient (Wildman–Crippen LogP) is 1.82. The van der Waals surface area contributed by atoms with Crippen molar-refractivity contribution >= 4 is 17.8 Å². The zero-order valence-corrected chi connectivity index (χ0v) is 17.1. The highest BCUT2D eigenvalue weighted by Gasteiger charge is 2.45. The van der Waals surface area contributed by atoms with Gasteiger partial charge in [0.15, 0.2) is 0 Å². The lowest BCUT2D eigenvalue weighted by molar-refractivity contribution is -0.144. The monoisotopic (exact) mass is 390 g/mol. The maximum Gasteiger partial charge on any atom is 0.320 e. The molecule has 4 heterocycles. The van der Waals surface area contributed by atoms with Crippen molar-refractivity contribution in [3.8, 4) is 0 Å². The number of carbonyl (C=O) groups is 3.